The zero-order chi connectivity index (χ0) is 19.5. The van der Waals surface area contributed by atoms with E-state index in [0.29, 0.717) is 37.1 Å². The van der Waals surface area contributed by atoms with Gasteiger partial charge in [-0.1, -0.05) is 30.3 Å². The maximum absolute atomic E-state index is 11.9. The van der Waals surface area contributed by atoms with Crippen LogP contribution in [0.15, 0.2) is 54.6 Å². The van der Waals surface area contributed by atoms with Gasteiger partial charge in [0.05, 0.1) is 6.42 Å². The molecular weight excluding hydrogens is 346 g/mol. The first-order valence-electron chi connectivity index (χ1n) is 8.73. The van der Waals surface area contributed by atoms with Gasteiger partial charge in [0, 0.05) is 24.2 Å². The molecule has 4 N–H and O–H groups in total. The van der Waals surface area contributed by atoms with Crippen molar-refractivity contribution in [1.29, 1.82) is 0 Å². The molecule has 0 radical (unpaired) electrons. The number of hydroxylamine groups is 1. The second-order valence-electron chi connectivity index (χ2n) is 6.04. The van der Waals surface area contributed by atoms with Gasteiger partial charge in [-0.05, 0) is 42.7 Å². The summed E-state index contributed by atoms with van der Waals surface area (Å²) < 4.78 is 0. The third-order valence-electron chi connectivity index (χ3n) is 3.88. The summed E-state index contributed by atoms with van der Waals surface area (Å²) in [5.74, 6) is -0.716. The first kappa shape index (κ1) is 20.1. The second-order valence-corrected chi connectivity index (χ2v) is 6.04. The average molecular weight is 369 g/mol. The molecule has 2 aromatic rings. The molecule has 0 bridgehead atoms. The standard InChI is InChI=1S/C20H23N3O4/c24-18(22-17-11-9-15(10-12-17)14-19(25)23-27)8-4-5-13-21-20(26)16-6-2-1-3-7-16/h1-3,6-7,9-12,27H,4-5,8,13-14H2,(H,21,26)(H,22,24)(H,23,25). The highest BCUT2D eigenvalue weighted by Gasteiger charge is 2.06. The number of hydrogen-bond acceptors (Lipinski definition) is 4. The van der Waals surface area contributed by atoms with Crippen LogP contribution in [-0.2, 0) is 16.0 Å². The third kappa shape index (κ3) is 7.29. The Hall–Kier alpha value is -3.19. The maximum Gasteiger partial charge on any atom is 0.251 e. The fourth-order valence-electron chi connectivity index (χ4n) is 2.46. The molecule has 2 rings (SSSR count). The minimum absolute atomic E-state index is 0.0689. The quantitative estimate of drug-likeness (QED) is 0.309. The van der Waals surface area contributed by atoms with E-state index in [4.69, 9.17) is 5.21 Å². The normalized spacial score (nSPS) is 10.1. The highest BCUT2D eigenvalue weighted by molar-refractivity contribution is 5.94. The summed E-state index contributed by atoms with van der Waals surface area (Å²) in [7, 11) is 0. The van der Waals surface area contributed by atoms with E-state index in [1.807, 2.05) is 18.2 Å². The number of anilines is 1. The van der Waals surface area contributed by atoms with Crippen LogP contribution in [0.25, 0.3) is 0 Å². The van der Waals surface area contributed by atoms with Crippen molar-refractivity contribution in [2.75, 3.05) is 11.9 Å². The number of rotatable bonds is 9. The Labute approximate surface area is 157 Å². The van der Waals surface area contributed by atoms with Gasteiger partial charge >= 0.3 is 0 Å². The lowest BCUT2D eigenvalue weighted by Gasteiger charge is -2.07. The van der Waals surface area contributed by atoms with E-state index in [1.165, 1.54) is 0 Å². The molecule has 0 aliphatic rings. The summed E-state index contributed by atoms with van der Waals surface area (Å²) in [5, 5.41) is 14.1. The monoisotopic (exact) mass is 369 g/mol. The Morgan fingerprint density at radius 2 is 1.56 bits per heavy atom. The minimum atomic E-state index is -0.494. The van der Waals surface area contributed by atoms with Crippen LogP contribution in [0.1, 0.15) is 35.2 Å². The van der Waals surface area contributed by atoms with Crippen molar-refractivity contribution in [1.82, 2.24) is 10.8 Å². The van der Waals surface area contributed by atoms with Gasteiger partial charge in [-0.15, -0.1) is 0 Å². The molecular formula is C20H23N3O4. The van der Waals surface area contributed by atoms with Crippen LogP contribution in [0.5, 0.6) is 0 Å². The van der Waals surface area contributed by atoms with Gasteiger partial charge in [-0.25, -0.2) is 5.48 Å². The van der Waals surface area contributed by atoms with Gasteiger partial charge in [0.25, 0.3) is 5.91 Å². The number of benzene rings is 2. The number of amides is 3. The minimum Gasteiger partial charge on any atom is -0.352 e. The first-order chi connectivity index (χ1) is 13.1. The molecule has 0 atom stereocenters. The van der Waals surface area contributed by atoms with E-state index in [0.717, 1.165) is 5.56 Å². The Bertz CT molecular complexity index is 761. The van der Waals surface area contributed by atoms with Crippen LogP contribution in [0.2, 0.25) is 0 Å². The molecule has 2 aromatic carbocycles. The van der Waals surface area contributed by atoms with Crippen LogP contribution in [0.4, 0.5) is 5.69 Å². The van der Waals surface area contributed by atoms with E-state index >= 15 is 0 Å². The molecule has 0 unspecified atom stereocenters. The highest BCUT2D eigenvalue weighted by Crippen LogP contribution is 2.11. The molecule has 0 aliphatic heterocycles. The van der Waals surface area contributed by atoms with Crippen molar-refractivity contribution in [3.63, 3.8) is 0 Å². The van der Waals surface area contributed by atoms with E-state index in [-0.39, 0.29) is 18.2 Å². The Morgan fingerprint density at radius 3 is 2.22 bits per heavy atom. The Morgan fingerprint density at radius 1 is 0.852 bits per heavy atom. The van der Waals surface area contributed by atoms with Gasteiger partial charge in [0.2, 0.25) is 11.8 Å². The molecule has 0 heterocycles. The molecule has 7 nitrogen and oxygen atoms in total. The second kappa shape index (κ2) is 10.7. The Kier molecular flexibility index (Phi) is 7.99. The lowest BCUT2D eigenvalue weighted by molar-refractivity contribution is -0.128. The van der Waals surface area contributed by atoms with Gasteiger partial charge < -0.3 is 10.6 Å². The fourth-order valence-corrected chi connectivity index (χ4v) is 2.46. The molecule has 0 aliphatic carbocycles. The molecule has 27 heavy (non-hydrogen) atoms. The summed E-state index contributed by atoms with van der Waals surface area (Å²) in [4.78, 5) is 34.9. The Balaban J connectivity index is 1.63. The van der Waals surface area contributed by atoms with Crippen LogP contribution < -0.4 is 16.1 Å². The number of carbonyl (C=O) groups is 3. The summed E-state index contributed by atoms with van der Waals surface area (Å²) in [6, 6.07) is 15.8. The maximum atomic E-state index is 11.9. The van der Waals surface area contributed by atoms with Crippen molar-refractivity contribution in [2.45, 2.75) is 25.7 Å². The number of hydrogen-bond donors (Lipinski definition) is 4. The number of unbranched alkanes of at least 4 members (excludes halogenated alkanes) is 1. The van der Waals surface area contributed by atoms with Crippen LogP contribution >= 0.6 is 0 Å². The summed E-state index contributed by atoms with van der Waals surface area (Å²) in [5.41, 5.74) is 3.57. The SMILES string of the molecule is O=C(Cc1ccc(NC(=O)CCCCNC(=O)c2ccccc2)cc1)NO. The van der Waals surface area contributed by atoms with E-state index in [9.17, 15) is 14.4 Å². The average Bonchev–Trinajstić information content (AvgIpc) is 2.69. The zero-order valence-electron chi connectivity index (χ0n) is 14.9. The van der Waals surface area contributed by atoms with Crippen molar-refractivity contribution in [2.24, 2.45) is 0 Å². The van der Waals surface area contributed by atoms with E-state index < -0.39 is 5.91 Å². The van der Waals surface area contributed by atoms with Crippen LogP contribution in [0.3, 0.4) is 0 Å². The van der Waals surface area contributed by atoms with Crippen molar-refractivity contribution in [3.8, 4) is 0 Å². The van der Waals surface area contributed by atoms with Gasteiger partial charge in [0.15, 0.2) is 0 Å². The van der Waals surface area contributed by atoms with Crippen molar-refractivity contribution >= 4 is 23.4 Å². The molecule has 0 saturated heterocycles. The van der Waals surface area contributed by atoms with Crippen molar-refractivity contribution in [3.05, 3.63) is 65.7 Å². The fraction of sp³-hybridized carbons (Fsp3) is 0.250. The highest BCUT2D eigenvalue weighted by atomic mass is 16.5. The smallest absolute Gasteiger partial charge is 0.251 e. The molecule has 142 valence electrons. The summed E-state index contributed by atoms with van der Waals surface area (Å²) in [6.07, 6.45) is 1.80. The molecule has 7 heteroatoms. The lowest BCUT2D eigenvalue weighted by Crippen LogP contribution is -2.24. The van der Waals surface area contributed by atoms with Crippen LogP contribution in [-0.4, -0.2) is 29.5 Å². The third-order valence-corrected chi connectivity index (χ3v) is 3.88. The zero-order valence-corrected chi connectivity index (χ0v) is 14.9. The number of nitrogens with one attached hydrogen (secondary N) is 3. The molecule has 0 spiro atoms. The predicted octanol–water partition coefficient (Wildman–Crippen LogP) is 2.27. The van der Waals surface area contributed by atoms with Gasteiger partial charge in [-0.2, -0.15) is 0 Å². The summed E-state index contributed by atoms with van der Waals surface area (Å²) >= 11 is 0. The van der Waals surface area contributed by atoms with Crippen LogP contribution in [0, 0.1) is 0 Å². The van der Waals surface area contributed by atoms with E-state index in [2.05, 4.69) is 10.6 Å². The lowest BCUT2D eigenvalue weighted by atomic mass is 10.1. The van der Waals surface area contributed by atoms with Crippen molar-refractivity contribution < 1.29 is 19.6 Å². The van der Waals surface area contributed by atoms with Gasteiger partial charge in [-0.3, -0.25) is 19.6 Å². The largest absolute Gasteiger partial charge is 0.352 e. The van der Waals surface area contributed by atoms with E-state index in [1.54, 1.807) is 41.9 Å². The molecule has 3 amide bonds. The molecule has 0 aromatic heterocycles. The summed E-state index contributed by atoms with van der Waals surface area (Å²) in [6.45, 7) is 0.516. The first-order valence-corrected chi connectivity index (χ1v) is 8.73. The molecule has 0 saturated carbocycles. The predicted molar refractivity (Wildman–Crippen MR) is 101 cm³/mol. The number of carbonyl (C=O) groups excluding carboxylic acids is 3. The topological polar surface area (TPSA) is 108 Å². The molecule has 0 fully saturated rings. The van der Waals surface area contributed by atoms with Gasteiger partial charge in [0.1, 0.15) is 0 Å².